The molecular weight excluding hydrogens is 405 g/mol. The van der Waals surface area contributed by atoms with Crippen molar-refractivity contribution < 1.29 is 0 Å². The molecule has 2 aliphatic rings. The Kier molecular flexibility index (Phi) is 8.99. The Labute approximate surface area is 172 Å². The summed E-state index contributed by atoms with van der Waals surface area (Å²) >= 11 is 6.65. The average Bonchev–Trinajstić information content (AvgIpc) is 2.64. The van der Waals surface area contributed by atoms with Gasteiger partial charge in [-0.3, -0.25) is 4.98 Å². The van der Waals surface area contributed by atoms with Crippen LogP contribution < -0.4 is 0 Å². The number of fused-ring (bicyclic) bond motifs is 2. The van der Waals surface area contributed by atoms with Gasteiger partial charge in [-0.1, -0.05) is 12.1 Å². The number of hydrogen-bond donors (Lipinski definition) is 1. The van der Waals surface area contributed by atoms with E-state index in [1.54, 1.807) is 0 Å². The summed E-state index contributed by atoms with van der Waals surface area (Å²) in [6.45, 7) is 4.22. The number of aryl methyl sites for hydroxylation is 6. The molecule has 0 N–H and O–H groups in total. The van der Waals surface area contributed by atoms with Crippen LogP contribution in [-0.4, -0.2) is 17.6 Å². The quantitative estimate of drug-likeness (QED) is 0.341. The van der Waals surface area contributed by atoms with E-state index < -0.39 is 0 Å². The minimum atomic E-state index is 1.02. The Morgan fingerprint density at radius 1 is 0.962 bits per heavy atom. The van der Waals surface area contributed by atoms with Crippen LogP contribution in [0.5, 0.6) is 0 Å². The molecular formula is C20H26BBrN3S. The van der Waals surface area contributed by atoms with Crippen LogP contribution in [0.15, 0.2) is 27.2 Å². The first kappa shape index (κ1) is 21.3. The molecule has 4 rings (SSSR count). The molecule has 137 valence electrons. The van der Waals surface area contributed by atoms with E-state index in [2.05, 4.69) is 76.6 Å². The van der Waals surface area contributed by atoms with E-state index in [-0.39, 0.29) is 0 Å². The van der Waals surface area contributed by atoms with Crippen LogP contribution in [0.2, 0.25) is 0 Å². The minimum absolute atomic E-state index is 1.02. The van der Waals surface area contributed by atoms with E-state index >= 15 is 0 Å². The SMILES string of the molecule is Cc1cc2c(nc1Br)CCCC2.Cc1cnc2c(c1)CCCC2.[B]=NS. The van der Waals surface area contributed by atoms with Gasteiger partial charge in [0.25, 0.3) is 0 Å². The van der Waals surface area contributed by atoms with Crippen molar-refractivity contribution in [2.24, 2.45) is 4.30 Å². The van der Waals surface area contributed by atoms with Crippen LogP contribution >= 0.6 is 28.7 Å². The predicted molar refractivity (Wildman–Crippen MR) is 116 cm³/mol. The Morgan fingerprint density at radius 2 is 1.50 bits per heavy atom. The third-order valence-corrected chi connectivity index (χ3v) is 5.54. The molecule has 0 bridgehead atoms. The molecule has 0 saturated carbocycles. The average molecular weight is 431 g/mol. The molecule has 1 radical (unpaired) electrons. The van der Waals surface area contributed by atoms with E-state index in [1.165, 1.54) is 78.6 Å². The van der Waals surface area contributed by atoms with E-state index in [9.17, 15) is 0 Å². The Bertz CT molecular complexity index is 721. The van der Waals surface area contributed by atoms with Crippen molar-refractivity contribution in [3.63, 3.8) is 0 Å². The summed E-state index contributed by atoms with van der Waals surface area (Å²) in [4.78, 5) is 8.95. The van der Waals surface area contributed by atoms with Gasteiger partial charge in [0, 0.05) is 17.6 Å². The zero-order valence-corrected chi connectivity index (χ0v) is 18.1. The molecule has 0 atom stereocenters. The van der Waals surface area contributed by atoms with E-state index in [1.807, 2.05) is 6.20 Å². The molecule has 0 amide bonds. The second-order valence-corrected chi connectivity index (χ2v) is 7.83. The molecule has 0 aliphatic heterocycles. The summed E-state index contributed by atoms with van der Waals surface area (Å²) in [5, 5.41) is 0. The molecule has 6 heteroatoms. The zero-order valence-electron chi connectivity index (χ0n) is 15.6. The Morgan fingerprint density at radius 3 is 2.15 bits per heavy atom. The van der Waals surface area contributed by atoms with Gasteiger partial charge < -0.3 is 0 Å². The van der Waals surface area contributed by atoms with Gasteiger partial charge in [0.2, 0.25) is 0 Å². The number of pyridine rings is 2. The van der Waals surface area contributed by atoms with Crippen molar-refractivity contribution >= 4 is 36.4 Å². The Balaban J connectivity index is 0.000000163. The van der Waals surface area contributed by atoms with Crippen molar-refractivity contribution in [3.8, 4) is 0 Å². The van der Waals surface area contributed by atoms with Gasteiger partial charge in [0.05, 0.1) is 0 Å². The molecule has 2 heterocycles. The normalized spacial score (nSPS) is 14.6. The summed E-state index contributed by atoms with van der Waals surface area (Å²) in [7, 11) is 4.34. The number of nitrogens with zero attached hydrogens (tertiary/aromatic N) is 3. The number of rotatable bonds is 0. The molecule has 0 spiro atoms. The van der Waals surface area contributed by atoms with Gasteiger partial charge in [0.1, 0.15) is 4.60 Å². The first-order valence-electron chi connectivity index (χ1n) is 9.18. The van der Waals surface area contributed by atoms with Crippen LogP contribution in [0.25, 0.3) is 0 Å². The van der Waals surface area contributed by atoms with Crippen molar-refractivity contribution in [2.45, 2.75) is 65.2 Å². The van der Waals surface area contributed by atoms with E-state index in [0.717, 1.165) is 11.0 Å². The van der Waals surface area contributed by atoms with Crippen LogP contribution in [0.1, 0.15) is 59.3 Å². The van der Waals surface area contributed by atoms with Gasteiger partial charge in [-0.15, -0.1) is 0 Å². The van der Waals surface area contributed by atoms with Gasteiger partial charge >= 0.3 is 24.8 Å². The monoisotopic (exact) mass is 430 g/mol. The van der Waals surface area contributed by atoms with Crippen molar-refractivity contribution in [1.29, 1.82) is 0 Å². The van der Waals surface area contributed by atoms with Crippen LogP contribution in [-0.2, 0) is 25.7 Å². The van der Waals surface area contributed by atoms with Crippen LogP contribution in [0.3, 0.4) is 0 Å². The van der Waals surface area contributed by atoms with Crippen molar-refractivity contribution in [1.82, 2.24) is 9.97 Å². The third kappa shape index (κ3) is 6.31. The Hall–Kier alpha value is -1.01. The molecule has 0 saturated heterocycles. The topological polar surface area (TPSA) is 38.1 Å². The second-order valence-electron chi connectivity index (χ2n) is 6.85. The van der Waals surface area contributed by atoms with E-state index in [4.69, 9.17) is 0 Å². The summed E-state index contributed by atoms with van der Waals surface area (Å²) < 4.78 is 3.71. The standard InChI is InChI=1S/C10H12BrN.C10H13N.BHNS/c1-7-6-8-4-2-3-5-9(8)12-10(7)11;1-8-6-9-4-2-3-5-10(9)11-7-8;1-2-3/h6H,2-5H2,1H3;6-7H,2-5H2,1H3;3H. The summed E-state index contributed by atoms with van der Waals surface area (Å²) in [5.74, 6) is 0. The summed E-state index contributed by atoms with van der Waals surface area (Å²) in [6.07, 6.45) is 12.1. The summed E-state index contributed by atoms with van der Waals surface area (Å²) in [6, 6.07) is 4.55. The fraction of sp³-hybridized carbons (Fsp3) is 0.500. The predicted octanol–water partition coefficient (Wildman–Crippen LogP) is 5.48. The first-order chi connectivity index (χ1) is 12.5. The fourth-order valence-electron chi connectivity index (χ4n) is 3.43. The molecule has 0 fully saturated rings. The van der Waals surface area contributed by atoms with Crippen molar-refractivity contribution in [3.05, 3.63) is 56.6 Å². The number of hydrogen-bond acceptors (Lipinski definition) is 4. The number of thiol groups is 1. The molecule has 3 nitrogen and oxygen atoms in total. The number of halogens is 1. The van der Waals surface area contributed by atoms with Crippen LogP contribution in [0, 0.1) is 13.8 Å². The second kappa shape index (κ2) is 11.0. The third-order valence-electron chi connectivity index (χ3n) is 4.74. The van der Waals surface area contributed by atoms with Gasteiger partial charge in [-0.05, 0) is 103 Å². The zero-order chi connectivity index (χ0) is 18.9. The molecule has 2 aliphatic carbocycles. The molecule has 0 unspecified atom stereocenters. The van der Waals surface area contributed by atoms with Gasteiger partial charge in [-0.2, -0.15) is 0 Å². The van der Waals surface area contributed by atoms with Crippen LogP contribution in [0.4, 0.5) is 0 Å². The first-order valence-corrected chi connectivity index (χ1v) is 10.4. The van der Waals surface area contributed by atoms with Crippen molar-refractivity contribution in [2.75, 3.05) is 0 Å². The molecule has 0 aromatic carbocycles. The maximum atomic E-state index is 4.53. The van der Waals surface area contributed by atoms with Gasteiger partial charge in [0.15, 0.2) is 0 Å². The van der Waals surface area contributed by atoms with Gasteiger partial charge in [-0.25, -0.2) is 4.98 Å². The number of aromatic nitrogens is 2. The van der Waals surface area contributed by atoms with E-state index in [0.29, 0.717) is 0 Å². The maximum absolute atomic E-state index is 4.53. The molecule has 2 aromatic rings. The molecule has 26 heavy (non-hydrogen) atoms. The molecule has 2 aromatic heterocycles. The fourth-order valence-corrected chi connectivity index (χ4v) is 3.76. The summed E-state index contributed by atoms with van der Waals surface area (Å²) in [5.41, 5.74) is 8.14.